The lowest BCUT2D eigenvalue weighted by Gasteiger charge is -2.13. The third-order valence-corrected chi connectivity index (χ3v) is 4.16. The van der Waals surface area contributed by atoms with Crippen molar-refractivity contribution in [3.8, 4) is 0 Å². The zero-order valence-corrected chi connectivity index (χ0v) is 13.4. The molecule has 0 saturated carbocycles. The molecule has 1 aliphatic rings. The van der Waals surface area contributed by atoms with Gasteiger partial charge in [-0.1, -0.05) is 19.9 Å². The number of aromatic nitrogens is 3. The molecule has 2 atom stereocenters. The molecule has 2 aromatic rings. The van der Waals surface area contributed by atoms with E-state index in [2.05, 4.69) is 51.5 Å². The van der Waals surface area contributed by atoms with E-state index in [1.54, 1.807) is 0 Å². The highest BCUT2D eigenvalue weighted by atomic mass is 15.4. The molecule has 0 aliphatic carbocycles. The van der Waals surface area contributed by atoms with Gasteiger partial charge in [0.2, 0.25) is 0 Å². The molecule has 3 heterocycles. The average Bonchev–Trinajstić information content (AvgIpc) is 3.14. The van der Waals surface area contributed by atoms with Crippen LogP contribution in [0.4, 0.5) is 0 Å². The molecule has 5 heteroatoms. The van der Waals surface area contributed by atoms with Crippen LogP contribution in [0.1, 0.15) is 44.1 Å². The Kier molecular flexibility index (Phi) is 4.85. The Hall–Kier alpha value is -1.72. The molecule has 5 nitrogen and oxygen atoms in total. The Labute approximate surface area is 132 Å². The van der Waals surface area contributed by atoms with Crippen LogP contribution < -0.4 is 10.9 Å². The third kappa shape index (κ3) is 3.72. The molecule has 2 aromatic heterocycles. The number of aryl methyl sites for hydroxylation is 2. The Morgan fingerprint density at radius 1 is 1.32 bits per heavy atom. The first kappa shape index (κ1) is 15.2. The predicted octanol–water partition coefficient (Wildman–Crippen LogP) is 2.47. The molecule has 1 aliphatic heterocycles. The Balaban J connectivity index is 1.60. The van der Waals surface area contributed by atoms with E-state index in [1.807, 2.05) is 24.7 Å². The first-order valence-corrected chi connectivity index (χ1v) is 8.13. The maximum absolute atomic E-state index is 4.57. The highest BCUT2D eigenvalue weighted by molar-refractivity contribution is 5.09. The zero-order chi connectivity index (χ0) is 15.4. The van der Waals surface area contributed by atoms with Gasteiger partial charge in [0.05, 0.1) is 6.04 Å². The number of hydrogen-bond donors (Lipinski definition) is 2. The van der Waals surface area contributed by atoms with Crippen molar-refractivity contribution in [2.24, 2.45) is 5.92 Å². The van der Waals surface area contributed by atoms with Gasteiger partial charge in [-0.15, -0.1) is 0 Å². The van der Waals surface area contributed by atoms with Gasteiger partial charge in [0.1, 0.15) is 5.82 Å². The van der Waals surface area contributed by atoms with Gasteiger partial charge in [-0.05, 0) is 36.8 Å². The lowest BCUT2D eigenvalue weighted by Crippen LogP contribution is -2.32. The van der Waals surface area contributed by atoms with Gasteiger partial charge in [0.25, 0.3) is 0 Å². The molecule has 1 saturated heterocycles. The van der Waals surface area contributed by atoms with Crippen LogP contribution in [0.15, 0.2) is 36.9 Å². The minimum atomic E-state index is 0.299. The molecule has 0 aromatic carbocycles. The normalized spacial score (nSPS) is 21.6. The van der Waals surface area contributed by atoms with Crippen LogP contribution >= 0.6 is 0 Å². The quantitative estimate of drug-likeness (QED) is 0.860. The summed E-state index contributed by atoms with van der Waals surface area (Å²) in [6.07, 6.45) is 11.0. The second-order valence-electron chi connectivity index (χ2n) is 6.49. The average molecular weight is 299 g/mol. The smallest absolute Gasteiger partial charge is 0.127 e. The first-order chi connectivity index (χ1) is 10.7. The summed E-state index contributed by atoms with van der Waals surface area (Å²) in [7, 11) is 0. The minimum Gasteiger partial charge on any atom is -0.333 e. The Morgan fingerprint density at radius 2 is 2.23 bits per heavy atom. The largest absolute Gasteiger partial charge is 0.333 e. The second-order valence-corrected chi connectivity index (χ2v) is 6.49. The van der Waals surface area contributed by atoms with Crippen molar-refractivity contribution in [1.29, 1.82) is 0 Å². The highest BCUT2D eigenvalue weighted by Gasteiger charge is 2.28. The fraction of sp³-hybridized carbons (Fsp3) is 0.529. The summed E-state index contributed by atoms with van der Waals surface area (Å²) >= 11 is 0. The molecule has 118 valence electrons. The maximum atomic E-state index is 4.57. The number of hydrazine groups is 1. The highest BCUT2D eigenvalue weighted by Crippen LogP contribution is 2.24. The van der Waals surface area contributed by atoms with E-state index in [1.165, 1.54) is 12.0 Å². The van der Waals surface area contributed by atoms with Crippen molar-refractivity contribution in [2.75, 3.05) is 0 Å². The van der Waals surface area contributed by atoms with E-state index in [4.69, 9.17) is 0 Å². The Bertz CT molecular complexity index is 578. The molecule has 3 rings (SSSR count). The minimum absolute atomic E-state index is 0.299. The van der Waals surface area contributed by atoms with Crippen LogP contribution in [-0.4, -0.2) is 20.6 Å². The molecule has 0 amide bonds. The number of imidazole rings is 1. The summed E-state index contributed by atoms with van der Waals surface area (Å²) in [5, 5.41) is 0. The van der Waals surface area contributed by atoms with E-state index in [0.717, 1.165) is 25.2 Å². The van der Waals surface area contributed by atoms with Crippen molar-refractivity contribution in [2.45, 2.75) is 51.7 Å². The van der Waals surface area contributed by atoms with Gasteiger partial charge >= 0.3 is 0 Å². The van der Waals surface area contributed by atoms with Crippen LogP contribution in [-0.2, 0) is 13.0 Å². The van der Waals surface area contributed by atoms with E-state index in [9.17, 15) is 0 Å². The molecule has 22 heavy (non-hydrogen) atoms. The van der Waals surface area contributed by atoms with Gasteiger partial charge in [-0.25, -0.2) is 10.4 Å². The molecule has 0 spiro atoms. The van der Waals surface area contributed by atoms with Crippen LogP contribution in [0.25, 0.3) is 0 Å². The summed E-state index contributed by atoms with van der Waals surface area (Å²) in [5.74, 6) is 1.84. The number of nitrogens with one attached hydrogen (secondary N) is 2. The molecular formula is C17H25N5. The first-order valence-electron chi connectivity index (χ1n) is 8.13. The maximum Gasteiger partial charge on any atom is 0.127 e. The molecule has 2 N–H and O–H groups in total. The standard InChI is InChI=1S/C17H25N5/c1-13(2)10-15-11-16(21-20-15)17-19-7-9-22(17)8-5-14-4-3-6-18-12-14/h3-4,6-7,9,12-13,15-16,20-21H,5,8,10-11H2,1-2H3. The fourth-order valence-corrected chi connectivity index (χ4v) is 3.13. The van der Waals surface area contributed by atoms with Crippen molar-refractivity contribution < 1.29 is 0 Å². The number of pyridine rings is 1. The Morgan fingerprint density at radius 3 is 3.00 bits per heavy atom. The van der Waals surface area contributed by atoms with Crippen LogP contribution in [0.3, 0.4) is 0 Å². The number of hydrogen-bond acceptors (Lipinski definition) is 4. The van der Waals surface area contributed by atoms with Gasteiger partial charge < -0.3 is 4.57 Å². The van der Waals surface area contributed by atoms with Crippen molar-refractivity contribution >= 4 is 0 Å². The topological polar surface area (TPSA) is 54.8 Å². The fourth-order valence-electron chi connectivity index (χ4n) is 3.13. The van der Waals surface area contributed by atoms with Gasteiger partial charge in [-0.2, -0.15) is 0 Å². The third-order valence-electron chi connectivity index (χ3n) is 4.16. The van der Waals surface area contributed by atoms with E-state index in [-0.39, 0.29) is 0 Å². The summed E-state index contributed by atoms with van der Waals surface area (Å²) in [6.45, 7) is 5.47. The summed E-state index contributed by atoms with van der Waals surface area (Å²) < 4.78 is 2.25. The lowest BCUT2D eigenvalue weighted by molar-refractivity contribution is 0.446. The lowest BCUT2D eigenvalue weighted by atomic mass is 10.00. The van der Waals surface area contributed by atoms with Gasteiger partial charge in [-0.3, -0.25) is 10.4 Å². The van der Waals surface area contributed by atoms with Gasteiger partial charge in [0, 0.05) is 37.4 Å². The predicted molar refractivity (Wildman–Crippen MR) is 87.0 cm³/mol. The summed E-state index contributed by atoms with van der Waals surface area (Å²) in [5.41, 5.74) is 8.08. The van der Waals surface area contributed by atoms with Crippen LogP contribution in [0.5, 0.6) is 0 Å². The molecule has 0 bridgehead atoms. The summed E-state index contributed by atoms with van der Waals surface area (Å²) in [6, 6.07) is 4.95. The van der Waals surface area contributed by atoms with Crippen LogP contribution in [0.2, 0.25) is 0 Å². The van der Waals surface area contributed by atoms with E-state index in [0.29, 0.717) is 18.0 Å². The second kappa shape index (κ2) is 7.03. The van der Waals surface area contributed by atoms with E-state index < -0.39 is 0 Å². The number of rotatable bonds is 6. The molecule has 0 radical (unpaired) electrons. The van der Waals surface area contributed by atoms with E-state index >= 15 is 0 Å². The monoisotopic (exact) mass is 299 g/mol. The summed E-state index contributed by atoms with van der Waals surface area (Å²) in [4.78, 5) is 8.74. The van der Waals surface area contributed by atoms with Crippen molar-refractivity contribution in [3.63, 3.8) is 0 Å². The van der Waals surface area contributed by atoms with Crippen molar-refractivity contribution in [1.82, 2.24) is 25.4 Å². The SMILES string of the molecule is CC(C)CC1CC(c2nccn2CCc2cccnc2)NN1. The van der Waals surface area contributed by atoms with Crippen molar-refractivity contribution in [3.05, 3.63) is 48.3 Å². The van der Waals surface area contributed by atoms with Crippen LogP contribution in [0, 0.1) is 5.92 Å². The molecule has 2 unspecified atom stereocenters. The molecule has 1 fully saturated rings. The number of nitrogens with zero attached hydrogens (tertiary/aromatic N) is 3. The molecular weight excluding hydrogens is 274 g/mol. The van der Waals surface area contributed by atoms with Gasteiger partial charge in [0.15, 0.2) is 0 Å². The zero-order valence-electron chi connectivity index (χ0n) is 13.4.